The minimum atomic E-state index is -0.310. The molecule has 2 amide bonds. The van der Waals surface area contributed by atoms with Gasteiger partial charge in [0.15, 0.2) is 15.5 Å². The van der Waals surface area contributed by atoms with Crippen LogP contribution in [0.3, 0.4) is 0 Å². The van der Waals surface area contributed by atoms with Gasteiger partial charge < -0.3 is 14.5 Å². The number of hydrogen-bond acceptors (Lipinski definition) is 7. The SMILES string of the molecule is COc1cc(C2c3sc(=S)[nH]c3SC3C4CC(C5C(=O)N(c6ccc(C)cc6)C(=O)C45)C23)ccc1OCc1ccc(Cl)cc1Cl. The highest BCUT2D eigenvalue weighted by Crippen LogP contribution is 2.69. The third-order valence-electron chi connectivity index (χ3n) is 9.96. The smallest absolute Gasteiger partial charge is 0.238 e. The van der Waals surface area contributed by atoms with Crippen LogP contribution in [0.4, 0.5) is 5.69 Å². The predicted octanol–water partition coefficient (Wildman–Crippen LogP) is 8.69. The van der Waals surface area contributed by atoms with Crippen molar-refractivity contribution >= 4 is 76.0 Å². The first kappa shape index (κ1) is 29.6. The highest BCUT2D eigenvalue weighted by atomic mass is 35.5. The van der Waals surface area contributed by atoms with Gasteiger partial charge in [-0.25, -0.2) is 0 Å². The number of anilines is 1. The van der Waals surface area contributed by atoms with Gasteiger partial charge in [0.2, 0.25) is 11.8 Å². The van der Waals surface area contributed by atoms with Crippen molar-refractivity contribution in [2.24, 2.45) is 29.6 Å². The molecule has 4 aromatic rings. The van der Waals surface area contributed by atoms with Crippen LogP contribution in [0.5, 0.6) is 11.5 Å². The number of thiazole rings is 1. The molecule has 0 radical (unpaired) electrons. The van der Waals surface area contributed by atoms with E-state index in [1.807, 2.05) is 61.2 Å². The van der Waals surface area contributed by atoms with Crippen LogP contribution in [0, 0.1) is 40.5 Å². The monoisotopic (exact) mass is 694 g/mol. The number of benzene rings is 3. The van der Waals surface area contributed by atoms with Gasteiger partial charge in [-0.3, -0.25) is 14.5 Å². The quantitative estimate of drug-likeness (QED) is 0.161. The Bertz CT molecular complexity index is 1930. The standard InChI is InChI=1S/C34H28Cl2N2O4S3/c1-15-3-8-19(9-4-15)38-32(39)27-20-13-21(28(27)33(38)40)29-26(20)25(30-31(44-29)37-34(43)45-30)16-6-10-23(24(11-16)41-2)42-14-17-5-7-18(35)12-22(17)36/h3-12,20-21,25-29H,13-14H2,1-2H3,(H,37,43). The van der Waals surface area contributed by atoms with E-state index in [2.05, 4.69) is 11.1 Å². The number of ether oxygens (including phenoxy) is 2. The summed E-state index contributed by atoms with van der Waals surface area (Å²) in [6.45, 7) is 2.27. The average Bonchev–Trinajstić information content (AvgIpc) is 3.76. The molecule has 7 unspecified atom stereocenters. The third-order valence-corrected chi connectivity index (χ3v) is 13.5. The Morgan fingerprint density at radius 1 is 0.978 bits per heavy atom. The number of amides is 2. The maximum atomic E-state index is 14.0. The van der Waals surface area contributed by atoms with Crippen LogP contribution >= 0.6 is 58.5 Å². The summed E-state index contributed by atoms with van der Waals surface area (Å²) < 4.78 is 12.7. The molecule has 4 aliphatic rings. The van der Waals surface area contributed by atoms with Gasteiger partial charge in [-0.05, 0) is 85.3 Å². The fourth-order valence-electron chi connectivity index (χ4n) is 8.13. The van der Waals surface area contributed by atoms with E-state index in [-0.39, 0.29) is 59.2 Å². The fourth-order valence-corrected chi connectivity index (χ4v) is 11.9. The van der Waals surface area contributed by atoms with Gasteiger partial charge in [0.25, 0.3) is 0 Å². The summed E-state index contributed by atoms with van der Waals surface area (Å²) in [5.41, 5.74) is 3.66. The average molecular weight is 696 g/mol. The summed E-state index contributed by atoms with van der Waals surface area (Å²) in [5, 5.41) is 2.38. The number of carbonyl (C=O) groups is 2. The summed E-state index contributed by atoms with van der Waals surface area (Å²) in [5.74, 6) is 0.908. The van der Waals surface area contributed by atoms with E-state index in [1.165, 1.54) is 9.78 Å². The Hall–Kier alpha value is -2.82. The minimum Gasteiger partial charge on any atom is -0.493 e. The lowest BCUT2D eigenvalue weighted by Crippen LogP contribution is -2.42. The molecule has 2 aliphatic heterocycles. The van der Waals surface area contributed by atoms with Gasteiger partial charge >= 0.3 is 0 Å². The normalized spacial score (nSPS) is 27.8. The molecular formula is C34H28Cl2N2O4S3. The van der Waals surface area contributed by atoms with E-state index in [0.29, 0.717) is 27.2 Å². The van der Waals surface area contributed by atoms with Crippen molar-refractivity contribution in [2.45, 2.75) is 36.1 Å². The highest BCUT2D eigenvalue weighted by molar-refractivity contribution is 8.00. The molecule has 1 N–H and O–H groups in total. The van der Waals surface area contributed by atoms with Crippen molar-refractivity contribution in [2.75, 3.05) is 12.0 Å². The molecule has 2 aliphatic carbocycles. The Labute approximate surface area is 284 Å². The Balaban J connectivity index is 1.14. The maximum absolute atomic E-state index is 14.0. The number of carbonyl (C=O) groups excluding carboxylic acids is 2. The topological polar surface area (TPSA) is 71.6 Å². The maximum Gasteiger partial charge on any atom is 0.238 e. The van der Waals surface area contributed by atoms with E-state index >= 15 is 0 Å². The van der Waals surface area contributed by atoms with Gasteiger partial charge in [0.05, 0.1) is 29.7 Å². The van der Waals surface area contributed by atoms with Crippen molar-refractivity contribution in [1.29, 1.82) is 0 Å². The second-order valence-electron chi connectivity index (χ2n) is 12.2. The molecule has 0 spiro atoms. The van der Waals surface area contributed by atoms with E-state index < -0.39 is 0 Å². The molecule has 3 heterocycles. The number of halogens is 2. The number of rotatable bonds is 6. The van der Waals surface area contributed by atoms with Crippen LogP contribution in [0.2, 0.25) is 10.0 Å². The van der Waals surface area contributed by atoms with E-state index in [0.717, 1.165) is 32.1 Å². The van der Waals surface area contributed by atoms with Gasteiger partial charge in [0.1, 0.15) is 6.61 Å². The first-order valence-corrected chi connectivity index (χ1v) is 17.7. The first-order valence-electron chi connectivity index (χ1n) is 14.8. The molecule has 3 aromatic carbocycles. The first-order chi connectivity index (χ1) is 21.7. The molecule has 11 heteroatoms. The summed E-state index contributed by atoms with van der Waals surface area (Å²) in [4.78, 5) is 34.0. The zero-order chi connectivity index (χ0) is 31.1. The minimum absolute atomic E-state index is 0.00476. The number of nitrogens with one attached hydrogen (secondary N) is 1. The Kier molecular flexibility index (Phi) is 7.33. The van der Waals surface area contributed by atoms with Gasteiger partial charge in [-0.1, -0.05) is 53.0 Å². The molecule has 2 saturated carbocycles. The summed E-state index contributed by atoms with van der Waals surface area (Å²) in [6.07, 6.45) is 0.878. The molecule has 3 fully saturated rings. The number of hydrogen-bond donors (Lipinski definition) is 1. The lowest BCUT2D eigenvalue weighted by molar-refractivity contribution is -0.123. The number of H-pyrrole nitrogens is 1. The molecular weight excluding hydrogens is 667 g/mol. The number of fused-ring (bicyclic) bond motifs is 9. The molecule has 8 rings (SSSR count). The Morgan fingerprint density at radius 2 is 1.73 bits per heavy atom. The highest BCUT2D eigenvalue weighted by Gasteiger charge is 2.69. The fraction of sp³-hybridized carbons (Fsp3) is 0.324. The van der Waals surface area contributed by atoms with Gasteiger partial charge in [-0.2, -0.15) is 0 Å². The van der Waals surface area contributed by atoms with E-state index in [4.69, 9.17) is 44.9 Å². The van der Waals surface area contributed by atoms with Crippen LogP contribution in [0.1, 0.15) is 33.9 Å². The summed E-state index contributed by atoms with van der Waals surface area (Å²) in [7, 11) is 1.64. The van der Waals surface area contributed by atoms with Crippen LogP contribution in [-0.4, -0.2) is 29.2 Å². The van der Waals surface area contributed by atoms with Crippen LogP contribution in [0.25, 0.3) is 0 Å². The van der Waals surface area contributed by atoms with Crippen LogP contribution < -0.4 is 14.4 Å². The van der Waals surface area contributed by atoms with E-state index in [1.54, 1.807) is 30.6 Å². The summed E-state index contributed by atoms with van der Waals surface area (Å²) >= 11 is 21.5. The third kappa shape index (κ3) is 4.68. The second-order valence-corrected chi connectivity index (χ2v) is 16.0. The lowest BCUT2D eigenvalue weighted by Gasteiger charge is -2.43. The van der Waals surface area contributed by atoms with Crippen molar-refractivity contribution in [3.63, 3.8) is 0 Å². The molecule has 1 aromatic heterocycles. The van der Waals surface area contributed by atoms with Gasteiger partial charge in [0, 0.05) is 31.7 Å². The van der Waals surface area contributed by atoms with E-state index in [9.17, 15) is 9.59 Å². The molecule has 1 saturated heterocycles. The number of aromatic amines is 1. The van der Waals surface area contributed by atoms with Crippen molar-refractivity contribution in [3.8, 4) is 11.5 Å². The zero-order valence-corrected chi connectivity index (χ0v) is 28.3. The van der Waals surface area contributed by atoms with Crippen molar-refractivity contribution < 1.29 is 19.1 Å². The predicted molar refractivity (Wildman–Crippen MR) is 181 cm³/mol. The molecule has 6 nitrogen and oxygen atoms in total. The largest absolute Gasteiger partial charge is 0.493 e. The molecule has 45 heavy (non-hydrogen) atoms. The number of methoxy groups -OCH3 is 1. The molecule has 230 valence electrons. The van der Waals surface area contributed by atoms with Crippen LogP contribution in [-0.2, 0) is 16.2 Å². The zero-order valence-electron chi connectivity index (χ0n) is 24.3. The number of imide groups is 1. The van der Waals surface area contributed by atoms with Crippen molar-refractivity contribution in [3.05, 3.63) is 96.2 Å². The number of nitrogens with zero attached hydrogens (tertiary/aromatic N) is 1. The number of aryl methyl sites for hydroxylation is 1. The van der Waals surface area contributed by atoms with Gasteiger partial charge in [-0.15, -0.1) is 23.1 Å². The van der Waals surface area contributed by atoms with Crippen molar-refractivity contribution in [1.82, 2.24) is 4.98 Å². The lowest BCUT2D eigenvalue weighted by atomic mass is 9.68. The molecule has 7 atom stereocenters. The number of thioether (sulfide) groups is 1. The molecule has 2 bridgehead atoms. The Morgan fingerprint density at radius 3 is 2.47 bits per heavy atom. The summed E-state index contributed by atoms with van der Waals surface area (Å²) in [6, 6.07) is 19.1. The number of aromatic nitrogens is 1. The second kappa shape index (κ2) is 11.2. The van der Waals surface area contributed by atoms with Crippen LogP contribution in [0.15, 0.2) is 65.7 Å².